The number of nitrogens with one attached hydrogen (secondary N) is 1. The fraction of sp³-hybridized carbons (Fsp3) is 0.538. The smallest absolute Gasteiger partial charge is 0.239 e. The maximum Gasteiger partial charge on any atom is 0.239 e. The predicted molar refractivity (Wildman–Crippen MR) is 69.7 cm³/mol. The Labute approximate surface area is 107 Å². The number of nitrogens with zero attached hydrogens (tertiary/aromatic N) is 2. The molecule has 1 aliphatic heterocycles. The summed E-state index contributed by atoms with van der Waals surface area (Å²) >= 11 is 0. The Balaban J connectivity index is 2.15. The van der Waals surface area contributed by atoms with Crippen molar-refractivity contribution in [3.05, 3.63) is 30.1 Å². The average molecular weight is 248 g/mol. The second kappa shape index (κ2) is 5.04. The topological polar surface area (TPSA) is 71.2 Å². The standard InChI is InChI=1S/C13H20N4O/c1-13(2)9-17(11(7-14)12(18)16-13)8-10-5-3-4-6-15-10/h3-6,11H,7-9,14H2,1-2H3,(H,16,18). The number of rotatable bonds is 3. The van der Waals surface area contributed by atoms with Crippen LogP contribution in [0.2, 0.25) is 0 Å². The van der Waals surface area contributed by atoms with Crippen LogP contribution in [0.4, 0.5) is 0 Å². The van der Waals surface area contributed by atoms with Crippen molar-refractivity contribution in [1.29, 1.82) is 0 Å². The van der Waals surface area contributed by atoms with Crippen LogP contribution in [0.15, 0.2) is 24.4 Å². The van der Waals surface area contributed by atoms with E-state index in [4.69, 9.17) is 5.73 Å². The van der Waals surface area contributed by atoms with Gasteiger partial charge in [-0.05, 0) is 26.0 Å². The molecule has 1 aromatic rings. The van der Waals surface area contributed by atoms with Gasteiger partial charge in [0.05, 0.1) is 5.69 Å². The molecule has 0 aliphatic carbocycles. The van der Waals surface area contributed by atoms with Gasteiger partial charge in [-0.2, -0.15) is 0 Å². The number of hydrogen-bond donors (Lipinski definition) is 2. The van der Waals surface area contributed by atoms with E-state index in [1.54, 1.807) is 6.20 Å². The van der Waals surface area contributed by atoms with E-state index >= 15 is 0 Å². The molecule has 2 rings (SSSR count). The summed E-state index contributed by atoms with van der Waals surface area (Å²) in [5, 5.41) is 2.99. The van der Waals surface area contributed by atoms with E-state index in [0.717, 1.165) is 12.2 Å². The van der Waals surface area contributed by atoms with Gasteiger partial charge >= 0.3 is 0 Å². The molecule has 18 heavy (non-hydrogen) atoms. The number of carbonyl (C=O) groups excluding carboxylic acids is 1. The molecule has 1 saturated heterocycles. The first-order valence-electron chi connectivity index (χ1n) is 6.18. The van der Waals surface area contributed by atoms with Crippen LogP contribution in [-0.2, 0) is 11.3 Å². The van der Waals surface area contributed by atoms with Gasteiger partial charge in [0.1, 0.15) is 6.04 Å². The highest BCUT2D eigenvalue weighted by Crippen LogP contribution is 2.17. The molecular formula is C13H20N4O. The molecule has 2 heterocycles. The average Bonchev–Trinajstić information content (AvgIpc) is 2.28. The van der Waals surface area contributed by atoms with Gasteiger partial charge in [-0.25, -0.2) is 0 Å². The van der Waals surface area contributed by atoms with Crippen LogP contribution in [-0.4, -0.2) is 40.5 Å². The number of pyridine rings is 1. The van der Waals surface area contributed by atoms with Crippen molar-refractivity contribution >= 4 is 5.91 Å². The van der Waals surface area contributed by atoms with Gasteiger partial charge in [-0.3, -0.25) is 14.7 Å². The lowest BCUT2D eigenvalue weighted by Gasteiger charge is -2.43. The Hall–Kier alpha value is -1.46. The van der Waals surface area contributed by atoms with Crippen molar-refractivity contribution in [3.8, 4) is 0 Å². The molecule has 0 aromatic carbocycles. The molecular weight excluding hydrogens is 228 g/mol. The summed E-state index contributed by atoms with van der Waals surface area (Å²) in [6.45, 7) is 5.79. The van der Waals surface area contributed by atoms with Crippen LogP contribution >= 0.6 is 0 Å². The van der Waals surface area contributed by atoms with Crippen LogP contribution in [0.5, 0.6) is 0 Å². The first-order chi connectivity index (χ1) is 8.52. The van der Waals surface area contributed by atoms with Crippen molar-refractivity contribution in [2.24, 2.45) is 5.73 Å². The van der Waals surface area contributed by atoms with E-state index in [2.05, 4.69) is 15.2 Å². The highest BCUT2D eigenvalue weighted by molar-refractivity contribution is 5.83. The normalized spacial score (nSPS) is 23.7. The van der Waals surface area contributed by atoms with E-state index in [9.17, 15) is 4.79 Å². The first kappa shape index (κ1) is 13.0. The van der Waals surface area contributed by atoms with E-state index in [1.807, 2.05) is 32.0 Å². The third-order valence-corrected chi connectivity index (χ3v) is 3.12. The van der Waals surface area contributed by atoms with Crippen molar-refractivity contribution in [2.75, 3.05) is 13.1 Å². The van der Waals surface area contributed by atoms with Gasteiger partial charge in [0.2, 0.25) is 5.91 Å². The third kappa shape index (κ3) is 2.86. The molecule has 0 spiro atoms. The van der Waals surface area contributed by atoms with Crippen LogP contribution in [0.3, 0.4) is 0 Å². The van der Waals surface area contributed by atoms with Crippen LogP contribution < -0.4 is 11.1 Å². The second-order valence-corrected chi connectivity index (χ2v) is 5.35. The Kier molecular flexibility index (Phi) is 3.63. The number of carbonyl (C=O) groups is 1. The SMILES string of the molecule is CC1(C)CN(Cc2ccccn2)C(CN)C(=O)N1. The molecule has 0 radical (unpaired) electrons. The van der Waals surface area contributed by atoms with Crippen LogP contribution in [0, 0.1) is 0 Å². The summed E-state index contributed by atoms with van der Waals surface area (Å²) in [6.07, 6.45) is 1.77. The van der Waals surface area contributed by atoms with Gasteiger partial charge in [-0.1, -0.05) is 6.07 Å². The summed E-state index contributed by atoms with van der Waals surface area (Å²) in [7, 11) is 0. The van der Waals surface area contributed by atoms with Crippen molar-refractivity contribution in [2.45, 2.75) is 32.0 Å². The van der Waals surface area contributed by atoms with Gasteiger partial charge in [-0.15, -0.1) is 0 Å². The van der Waals surface area contributed by atoms with Crippen LogP contribution in [0.1, 0.15) is 19.5 Å². The number of piperazine rings is 1. The molecule has 1 atom stereocenters. The Morgan fingerprint density at radius 2 is 2.33 bits per heavy atom. The molecule has 3 N–H and O–H groups in total. The number of nitrogens with two attached hydrogens (primary N) is 1. The quantitative estimate of drug-likeness (QED) is 0.797. The molecule has 98 valence electrons. The summed E-state index contributed by atoms with van der Waals surface area (Å²) in [6, 6.07) is 5.54. The Morgan fingerprint density at radius 1 is 1.56 bits per heavy atom. The zero-order chi connectivity index (χ0) is 13.2. The highest BCUT2D eigenvalue weighted by Gasteiger charge is 2.37. The van der Waals surface area contributed by atoms with Crippen LogP contribution in [0.25, 0.3) is 0 Å². The minimum absolute atomic E-state index is 0.00433. The molecule has 1 aliphatic rings. The molecule has 5 nitrogen and oxygen atoms in total. The van der Waals surface area contributed by atoms with Gasteiger partial charge in [0.15, 0.2) is 0 Å². The molecule has 0 saturated carbocycles. The van der Waals surface area contributed by atoms with E-state index in [-0.39, 0.29) is 17.5 Å². The Morgan fingerprint density at radius 3 is 2.94 bits per heavy atom. The molecule has 1 fully saturated rings. The number of hydrogen-bond acceptors (Lipinski definition) is 4. The summed E-state index contributed by atoms with van der Waals surface area (Å²) in [4.78, 5) is 18.4. The minimum atomic E-state index is -0.264. The largest absolute Gasteiger partial charge is 0.349 e. The van der Waals surface area contributed by atoms with E-state index in [1.165, 1.54) is 0 Å². The van der Waals surface area contributed by atoms with Gasteiger partial charge in [0, 0.05) is 31.4 Å². The van der Waals surface area contributed by atoms with E-state index in [0.29, 0.717) is 13.1 Å². The zero-order valence-electron chi connectivity index (χ0n) is 10.9. The molecule has 1 unspecified atom stereocenters. The summed E-state index contributed by atoms with van der Waals surface area (Å²) in [5.74, 6) is 0.00433. The van der Waals surface area contributed by atoms with Gasteiger partial charge in [0.25, 0.3) is 0 Å². The summed E-state index contributed by atoms with van der Waals surface area (Å²) in [5.41, 5.74) is 6.44. The maximum absolute atomic E-state index is 12.0. The lowest BCUT2D eigenvalue weighted by Crippen LogP contribution is -2.66. The molecule has 0 bridgehead atoms. The summed E-state index contributed by atoms with van der Waals surface area (Å²) < 4.78 is 0. The molecule has 1 aromatic heterocycles. The van der Waals surface area contributed by atoms with Crippen molar-refractivity contribution in [3.63, 3.8) is 0 Å². The minimum Gasteiger partial charge on any atom is -0.349 e. The molecule has 5 heteroatoms. The predicted octanol–water partition coefficient (Wildman–Crippen LogP) is 0.119. The van der Waals surface area contributed by atoms with Crippen molar-refractivity contribution < 1.29 is 4.79 Å². The Bertz CT molecular complexity index is 418. The highest BCUT2D eigenvalue weighted by atomic mass is 16.2. The lowest BCUT2D eigenvalue weighted by atomic mass is 9.98. The van der Waals surface area contributed by atoms with Crippen molar-refractivity contribution in [1.82, 2.24) is 15.2 Å². The fourth-order valence-electron chi connectivity index (χ4n) is 2.36. The van der Waals surface area contributed by atoms with Gasteiger partial charge < -0.3 is 11.1 Å². The molecule has 1 amide bonds. The monoisotopic (exact) mass is 248 g/mol. The lowest BCUT2D eigenvalue weighted by molar-refractivity contribution is -0.132. The zero-order valence-corrected chi connectivity index (χ0v) is 10.9. The first-order valence-corrected chi connectivity index (χ1v) is 6.18. The second-order valence-electron chi connectivity index (χ2n) is 5.35. The van der Waals surface area contributed by atoms with E-state index < -0.39 is 0 Å². The third-order valence-electron chi connectivity index (χ3n) is 3.12. The fourth-order valence-corrected chi connectivity index (χ4v) is 2.36. The maximum atomic E-state index is 12.0. The number of aromatic nitrogens is 1. The number of amides is 1.